The summed E-state index contributed by atoms with van der Waals surface area (Å²) < 4.78 is 0. The molecule has 0 bridgehead atoms. The number of aromatic amines is 2. The molecule has 0 saturated carbocycles. The summed E-state index contributed by atoms with van der Waals surface area (Å²) in [4.78, 5) is 31.4. The van der Waals surface area contributed by atoms with Crippen molar-refractivity contribution in [2.75, 3.05) is 0 Å². The molecular formula is C32H20N2O4. The quantitative estimate of drug-likeness (QED) is 0.200. The lowest BCUT2D eigenvalue weighted by atomic mass is 9.88. The van der Waals surface area contributed by atoms with Crippen molar-refractivity contribution < 1.29 is 19.8 Å². The number of fused-ring (bicyclic) bond motifs is 6. The Morgan fingerprint density at radius 1 is 0.474 bits per heavy atom. The van der Waals surface area contributed by atoms with E-state index in [-0.39, 0.29) is 11.1 Å². The monoisotopic (exact) mass is 496 g/mol. The fraction of sp³-hybridized carbons (Fsp3) is 0. The van der Waals surface area contributed by atoms with Crippen LogP contribution in [0.25, 0.3) is 65.9 Å². The zero-order valence-electron chi connectivity index (χ0n) is 19.9. The van der Waals surface area contributed by atoms with Crippen LogP contribution in [0.2, 0.25) is 0 Å². The number of para-hydroxylation sites is 4. The Morgan fingerprint density at radius 3 is 1.29 bits per heavy atom. The highest BCUT2D eigenvalue weighted by atomic mass is 16.4. The molecule has 0 unspecified atom stereocenters. The van der Waals surface area contributed by atoms with Crippen molar-refractivity contribution in [2.45, 2.75) is 0 Å². The van der Waals surface area contributed by atoms with Crippen LogP contribution >= 0.6 is 0 Å². The Balaban J connectivity index is 1.62. The molecule has 0 aliphatic heterocycles. The van der Waals surface area contributed by atoms with Gasteiger partial charge in [-0.05, 0) is 35.4 Å². The Morgan fingerprint density at radius 2 is 0.868 bits per heavy atom. The van der Waals surface area contributed by atoms with Crippen LogP contribution in [-0.4, -0.2) is 32.1 Å². The van der Waals surface area contributed by atoms with Gasteiger partial charge in [-0.2, -0.15) is 0 Å². The van der Waals surface area contributed by atoms with Crippen LogP contribution < -0.4 is 0 Å². The van der Waals surface area contributed by atoms with Crippen molar-refractivity contribution in [1.82, 2.24) is 9.97 Å². The Bertz CT molecular complexity index is 1950. The Hall–Kier alpha value is -5.36. The fourth-order valence-corrected chi connectivity index (χ4v) is 5.59. The number of hydrogen-bond donors (Lipinski definition) is 4. The van der Waals surface area contributed by atoms with Crippen molar-refractivity contribution in [3.8, 4) is 22.3 Å². The van der Waals surface area contributed by atoms with Crippen LogP contribution in [0.4, 0.5) is 0 Å². The lowest BCUT2D eigenvalue weighted by Crippen LogP contribution is -2.09. The third kappa shape index (κ3) is 3.14. The lowest BCUT2D eigenvalue weighted by molar-refractivity contribution is 0.0651. The summed E-state index contributed by atoms with van der Waals surface area (Å²) in [5, 5.41) is 24.1. The molecule has 2 aromatic heterocycles. The van der Waals surface area contributed by atoms with Crippen molar-refractivity contribution >= 4 is 55.6 Å². The highest BCUT2D eigenvalue weighted by Crippen LogP contribution is 2.42. The van der Waals surface area contributed by atoms with Gasteiger partial charge in [0.15, 0.2) is 0 Å². The van der Waals surface area contributed by atoms with Gasteiger partial charge in [-0.1, -0.05) is 72.8 Å². The van der Waals surface area contributed by atoms with Gasteiger partial charge >= 0.3 is 11.9 Å². The maximum Gasteiger partial charge on any atom is 0.336 e. The van der Waals surface area contributed by atoms with Gasteiger partial charge < -0.3 is 20.2 Å². The topological polar surface area (TPSA) is 106 Å². The van der Waals surface area contributed by atoms with Crippen LogP contribution in [0, 0.1) is 0 Å². The van der Waals surface area contributed by atoms with E-state index in [1.807, 2.05) is 84.9 Å². The zero-order valence-corrected chi connectivity index (χ0v) is 19.9. The van der Waals surface area contributed by atoms with Crippen LogP contribution in [0.15, 0.2) is 97.1 Å². The van der Waals surface area contributed by atoms with E-state index in [1.54, 1.807) is 0 Å². The average Bonchev–Trinajstić information content (AvgIpc) is 3.51. The molecular weight excluding hydrogens is 476 g/mol. The summed E-state index contributed by atoms with van der Waals surface area (Å²) in [6.07, 6.45) is 0. The normalized spacial score (nSPS) is 11.6. The molecule has 4 N–H and O–H groups in total. The molecule has 0 saturated heterocycles. The minimum atomic E-state index is -1.29. The number of aromatic carboxylic acids is 2. The second kappa shape index (κ2) is 8.08. The number of rotatable bonds is 4. The number of aromatic nitrogens is 2. The van der Waals surface area contributed by atoms with Crippen LogP contribution in [-0.2, 0) is 0 Å². The largest absolute Gasteiger partial charge is 0.478 e. The molecule has 38 heavy (non-hydrogen) atoms. The molecule has 0 fully saturated rings. The average molecular weight is 497 g/mol. The standard InChI is InChI=1S/C32H20N2O4/c35-31(36)25-15-23(21-11-5-9-19-17-7-1-3-13-27(17)33-29(19)21)24(16-26(25)32(37)38)22-12-6-10-20-18-8-2-4-14-28(18)34-30(20)22/h1-16,33-34H,(H,35,36)(H,37,38). The maximum absolute atomic E-state index is 12.2. The highest BCUT2D eigenvalue weighted by Gasteiger charge is 2.24. The third-order valence-electron chi connectivity index (χ3n) is 7.28. The first kappa shape index (κ1) is 21.9. The number of carboxylic acid groups (broad SMARTS) is 2. The molecule has 0 atom stereocenters. The third-order valence-corrected chi connectivity index (χ3v) is 7.28. The van der Waals surface area contributed by atoms with E-state index >= 15 is 0 Å². The van der Waals surface area contributed by atoms with E-state index in [1.165, 1.54) is 12.1 Å². The van der Waals surface area contributed by atoms with Gasteiger partial charge in [0.05, 0.1) is 22.2 Å². The number of carbonyl (C=O) groups is 2. The fourth-order valence-electron chi connectivity index (χ4n) is 5.59. The van der Waals surface area contributed by atoms with Gasteiger partial charge in [-0.25, -0.2) is 9.59 Å². The second-order valence-electron chi connectivity index (χ2n) is 9.35. The first-order valence-corrected chi connectivity index (χ1v) is 12.2. The second-order valence-corrected chi connectivity index (χ2v) is 9.35. The zero-order chi connectivity index (χ0) is 26.0. The van der Waals surface area contributed by atoms with E-state index in [9.17, 15) is 19.8 Å². The van der Waals surface area contributed by atoms with Gasteiger partial charge in [0.25, 0.3) is 0 Å². The van der Waals surface area contributed by atoms with Gasteiger partial charge in [-0.15, -0.1) is 0 Å². The van der Waals surface area contributed by atoms with E-state index in [0.717, 1.165) is 54.7 Å². The van der Waals surface area contributed by atoms with Gasteiger partial charge in [0.2, 0.25) is 0 Å². The molecule has 0 spiro atoms. The highest BCUT2D eigenvalue weighted by molar-refractivity contribution is 6.17. The molecule has 5 aromatic carbocycles. The van der Waals surface area contributed by atoms with E-state index < -0.39 is 11.9 Å². The van der Waals surface area contributed by atoms with E-state index in [0.29, 0.717) is 11.1 Å². The molecule has 7 aromatic rings. The van der Waals surface area contributed by atoms with E-state index in [4.69, 9.17) is 0 Å². The summed E-state index contributed by atoms with van der Waals surface area (Å²) in [5.41, 5.74) is 6.00. The minimum Gasteiger partial charge on any atom is -0.478 e. The lowest BCUT2D eigenvalue weighted by Gasteiger charge is -2.15. The molecule has 6 nitrogen and oxygen atoms in total. The Kier molecular flexibility index (Phi) is 4.65. The first-order valence-electron chi connectivity index (χ1n) is 12.2. The predicted octanol–water partition coefficient (Wildman–Crippen LogP) is 7.69. The van der Waals surface area contributed by atoms with Crippen molar-refractivity contribution in [1.29, 1.82) is 0 Å². The molecule has 6 heteroatoms. The summed E-state index contributed by atoms with van der Waals surface area (Å²) in [5.74, 6) is -2.58. The van der Waals surface area contributed by atoms with Crippen LogP contribution in [0.3, 0.4) is 0 Å². The number of benzene rings is 5. The first-order chi connectivity index (χ1) is 18.5. The van der Waals surface area contributed by atoms with Crippen molar-refractivity contribution in [3.05, 3.63) is 108 Å². The summed E-state index contributed by atoms with van der Waals surface area (Å²) in [6, 6.07) is 30.8. The summed E-state index contributed by atoms with van der Waals surface area (Å²) >= 11 is 0. The molecule has 0 radical (unpaired) electrons. The Labute approximate surface area is 215 Å². The van der Waals surface area contributed by atoms with Crippen LogP contribution in [0.1, 0.15) is 20.7 Å². The number of H-pyrrole nitrogens is 2. The van der Waals surface area contributed by atoms with Gasteiger partial charge in [0.1, 0.15) is 0 Å². The molecule has 0 aliphatic rings. The number of carboxylic acids is 2. The maximum atomic E-state index is 12.2. The number of hydrogen-bond acceptors (Lipinski definition) is 2. The molecule has 0 aliphatic carbocycles. The van der Waals surface area contributed by atoms with Crippen molar-refractivity contribution in [2.24, 2.45) is 0 Å². The SMILES string of the molecule is O=C(O)c1cc(-c2cccc3c2[nH]c2ccccc23)c(-c2cccc3c2[nH]c2ccccc23)cc1C(=O)O. The molecule has 0 amide bonds. The molecule has 2 heterocycles. The molecule has 182 valence electrons. The van der Waals surface area contributed by atoms with Gasteiger partial charge in [0, 0.05) is 43.7 Å². The predicted molar refractivity (Wildman–Crippen MR) is 150 cm³/mol. The van der Waals surface area contributed by atoms with Crippen LogP contribution in [0.5, 0.6) is 0 Å². The minimum absolute atomic E-state index is 0.256. The van der Waals surface area contributed by atoms with Gasteiger partial charge in [-0.3, -0.25) is 0 Å². The summed E-state index contributed by atoms with van der Waals surface area (Å²) in [7, 11) is 0. The van der Waals surface area contributed by atoms with Crippen molar-refractivity contribution in [3.63, 3.8) is 0 Å². The summed E-state index contributed by atoms with van der Waals surface area (Å²) in [6.45, 7) is 0. The smallest absolute Gasteiger partial charge is 0.336 e. The number of nitrogens with one attached hydrogen (secondary N) is 2. The van der Waals surface area contributed by atoms with E-state index in [2.05, 4.69) is 9.97 Å². The molecule has 7 rings (SSSR count).